The van der Waals surface area contributed by atoms with Gasteiger partial charge in [0.05, 0.1) is 0 Å². The molecule has 0 amide bonds. The van der Waals surface area contributed by atoms with Crippen LogP contribution >= 0.6 is 0 Å². The SMILES string of the molecule is Cc1ccc(C)c2[cH-]ccc12.Cc1ccc(C)c2[cH-]ccc12.[CH2-]CCC([Si](C)(C)C)[Si](C)(C)C.[Sc+3]. The van der Waals surface area contributed by atoms with Crippen LogP contribution in [-0.4, -0.2) is 16.1 Å². The summed E-state index contributed by atoms with van der Waals surface area (Å²) in [5.74, 6) is 0. The monoisotopic (exact) mass is 532 g/mol. The van der Waals surface area contributed by atoms with Gasteiger partial charge in [-0.1, -0.05) is 88.0 Å². The Morgan fingerprint density at radius 1 is 0.629 bits per heavy atom. The summed E-state index contributed by atoms with van der Waals surface area (Å²) in [7, 11) is -1.84. The van der Waals surface area contributed by atoms with Crippen LogP contribution in [0.25, 0.3) is 21.5 Å². The van der Waals surface area contributed by atoms with Gasteiger partial charge >= 0.3 is 25.8 Å². The molecule has 0 aliphatic heterocycles. The topological polar surface area (TPSA) is 0 Å². The minimum atomic E-state index is -0.921. The summed E-state index contributed by atoms with van der Waals surface area (Å²) in [5, 5.41) is 6.62. The van der Waals surface area contributed by atoms with Crippen molar-refractivity contribution in [1.29, 1.82) is 0 Å². The molecule has 0 aliphatic carbocycles. The first-order valence-electron chi connectivity index (χ1n) is 12.8. The number of rotatable bonds is 4. The van der Waals surface area contributed by atoms with Crippen molar-refractivity contribution in [3.63, 3.8) is 0 Å². The Kier molecular flexibility index (Phi) is 12.3. The number of fused-ring (bicyclic) bond motifs is 2. The van der Waals surface area contributed by atoms with Gasteiger partial charge in [-0.05, 0) is 13.8 Å². The molecule has 35 heavy (non-hydrogen) atoms. The predicted octanol–water partition coefficient (Wildman–Crippen LogP) is 10.5. The summed E-state index contributed by atoms with van der Waals surface area (Å²) in [6.45, 7) is 27.6. The van der Waals surface area contributed by atoms with Crippen LogP contribution < -0.4 is 0 Å². The van der Waals surface area contributed by atoms with Crippen LogP contribution in [0.15, 0.2) is 60.7 Å². The van der Waals surface area contributed by atoms with Crippen LogP contribution in [-0.2, 0) is 25.8 Å². The second kappa shape index (κ2) is 13.5. The molecule has 3 heteroatoms. The zero-order chi connectivity index (χ0) is 25.7. The van der Waals surface area contributed by atoms with E-state index >= 15 is 0 Å². The molecule has 0 unspecified atom stereocenters. The van der Waals surface area contributed by atoms with E-state index < -0.39 is 16.1 Å². The zero-order valence-electron chi connectivity index (χ0n) is 24.0. The molecule has 0 N–H and O–H groups in total. The van der Waals surface area contributed by atoms with Gasteiger partial charge < -0.3 is 6.92 Å². The van der Waals surface area contributed by atoms with Crippen molar-refractivity contribution in [3.8, 4) is 0 Å². The second-order valence-corrected chi connectivity index (χ2v) is 23.5. The maximum absolute atomic E-state index is 4.00. The molecular weight excluding hydrogens is 485 g/mol. The van der Waals surface area contributed by atoms with E-state index in [9.17, 15) is 0 Å². The molecule has 0 atom stereocenters. The largest absolute Gasteiger partial charge is 3.00 e. The van der Waals surface area contributed by atoms with Gasteiger partial charge in [-0.2, -0.15) is 30.7 Å². The van der Waals surface area contributed by atoms with E-state index in [1.165, 1.54) is 50.2 Å². The fraction of sp³-hybridized carbons (Fsp3) is 0.406. The molecule has 4 aromatic rings. The van der Waals surface area contributed by atoms with Crippen molar-refractivity contribution in [3.05, 3.63) is 89.8 Å². The molecule has 0 aliphatic rings. The van der Waals surface area contributed by atoms with Crippen molar-refractivity contribution in [2.45, 2.75) is 85.0 Å². The minimum Gasteiger partial charge on any atom is -0.343 e. The maximum Gasteiger partial charge on any atom is 3.00 e. The van der Waals surface area contributed by atoms with E-state index in [1.807, 2.05) is 0 Å². The molecule has 0 bridgehead atoms. The number of aryl methyl sites for hydroxylation is 4. The fourth-order valence-electron chi connectivity index (χ4n) is 5.44. The Morgan fingerprint density at radius 3 is 1.23 bits per heavy atom. The molecule has 0 fully saturated rings. The van der Waals surface area contributed by atoms with Crippen molar-refractivity contribution in [1.82, 2.24) is 0 Å². The summed E-state index contributed by atoms with van der Waals surface area (Å²) in [6.07, 6.45) is 2.49. The Balaban J connectivity index is 0.000000259. The number of benzene rings is 2. The van der Waals surface area contributed by atoms with E-state index in [1.54, 1.807) is 0 Å². The molecule has 0 nitrogen and oxygen atoms in total. The molecule has 0 aromatic heterocycles. The quantitative estimate of drug-likeness (QED) is 0.181. The number of hydrogen-bond acceptors (Lipinski definition) is 0. The number of hydrogen-bond donors (Lipinski definition) is 0. The summed E-state index contributed by atoms with van der Waals surface area (Å²) >= 11 is 0. The third-order valence-corrected chi connectivity index (χ3v) is 17.0. The van der Waals surface area contributed by atoms with E-state index in [4.69, 9.17) is 0 Å². The van der Waals surface area contributed by atoms with Gasteiger partial charge in [0, 0.05) is 16.1 Å². The molecule has 4 rings (SSSR count). The fourth-order valence-corrected chi connectivity index (χ4v) is 18.0. The Labute approximate surface area is 237 Å². The van der Waals surface area contributed by atoms with E-state index in [2.05, 4.69) is 135 Å². The average Bonchev–Trinajstić information content (AvgIpc) is 3.42. The normalized spacial score (nSPS) is 11.5. The van der Waals surface area contributed by atoms with Crippen molar-refractivity contribution >= 4 is 37.7 Å². The van der Waals surface area contributed by atoms with Crippen LogP contribution in [0.3, 0.4) is 0 Å². The maximum atomic E-state index is 4.00. The minimum absolute atomic E-state index is 0. The van der Waals surface area contributed by atoms with Gasteiger partial charge in [0.25, 0.3) is 0 Å². The van der Waals surface area contributed by atoms with Crippen LogP contribution in [0.4, 0.5) is 0 Å². The summed E-state index contributed by atoms with van der Waals surface area (Å²) in [5.41, 5.74) is 5.48. The second-order valence-electron chi connectivity index (χ2n) is 12.0. The first kappa shape index (κ1) is 32.0. The van der Waals surface area contributed by atoms with E-state index in [0.717, 1.165) is 11.6 Å². The van der Waals surface area contributed by atoms with Crippen LogP contribution in [0.5, 0.6) is 0 Å². The molecule has 0 spiro atoms. The van der Waals surface area contributed by atoms with Gasteiger partial charge in [-0.3, -0.25) is 0 Å². The molecule has 0 saturated heterocycles. The smallest absolute Gasteiger partial charge is 0.343 e. The summed E-state index contributed by atoms with van der Waals surface area (Å²) < 4.78 is 0. The molecule has 0 saturated carbocycles. The molecule has 186 valence electrons. The van der Waals surface area contributed by atoms with Crippen molar-refractivity contribution in [2.24, 2.45) is 0 Å². The Bertz CT molecular complexity index is 1020. The third-order valence-electron chi connectivity index (χ3n) is 7.08. The van der Waals surface area contributed by atoms with Crippen molar-refractivity contribution < 1.29 is 25.8 Å². The molecule has 0 heterocycles. The van der Waals surface area contributed by atoms with Crippen molar-refractivity contribution in [2.75, 3.05) is 0 Å². The first-order valence-corrected chi connectivity index (χ1v) is 19.9. The predicted molar refractivity (Wildman–Crippen MR) is 163 cm³/mol. The first-order chi connectivity index (χ1) is 15.8. The average molecular weight is 533 g/mol. The standard InChI is InChI=1S/2C11H11.C10H25Si2.Sc/c2*1-8-6-7-9(2)11-5-3-4-10(8)11;1-8-9-10(11(2,3)4)12(5,6)7;/h2*3-7H,1-2H3;10H,1,8-9H2,2-7H3;/q3*-1;+3. The zero-order valence-corrected chi connectivity index (χ0v) is 27.9. The third kappa shape index (κ3) is 8.79. The molecule has 0 radical (unpaired) electrons. The van der Waals surface area contributed by atoms with Gasteiger partial charge in [-0.25, -0.2) is 0 Å². The van der Waals surface area contributed by atoms with E-state index in [-0.39, 0.29) is 25.8 Å². The molecule has 4 aromatic carbocycles. The van der Waals surface area contributed by atoms with E-state index in [0.29, 0.717) is 0 Å². The molecular formula is C32H47ScSi2. The van der Waals surface area contributed by atoms with Gasteiger partial charge in [-0.15, -0.1) is 56.9 Å². The van der Waals surface area contributed by atoms with Gasteiger partial charge in [0.1, 0.15) is 0 Å². The Morgan fingerprint density at radius 2 is 0.971 bits per heavy atom. The van der Waals surface area contributed by atoms with Gasteiger partial charge in [0.15, 0.2) is 0 Å². The van der Waals surface area contributed by atoms with Crippen LogP contribution in [0, 0.1) is 34.6 Å². The Hall–Kier alpha value is -1.04. The van der Waals surface area contributed by atoms with Gasteiger partial charge in [0.2, 0.25) is 0 Å². The summed E-state index contributed by atoms with van der Waals surface area (Å²) in [6, 6.07) is 21.7. The summed E-state index contributed by atoms with van der Waals surface area (Å²) in [4.78, 5) is 0. The van der Waals surface area contributed by atoms with Crippen LogP contribution in [0.2, 0.25) is 44.4 Å². The van der Waals surface area contributed by atoms with Crippen LogP contribution in [0.1, 0.15) is 35.1 Å².